The number of hydrogen-bond acceptors (Lipinski definition) is 6. The number of carbonyl (C=O) groups excluding carboxylic acids is 2. The lowest BCUT2D eigenvalue weighted by molar-refractivity contribution is -0.117. The first-order valence-corrected chi connectivity index (χ1v) is 11.1. The van der Waals surface area contributed by atoms with Gasteiger partial charge in [-0.2, -0.15) is 0 Å². The van der Waals surface area contributed by atoms with Crippen LogP contribution in [0, 0.1) is 13.8 Å². The van der Waals surface area contributed by atoms with Crippen molar-refractivity contribution in [2.75, 3.05) is 5.75 Å². The molecule has 0 radical (unpaired) electrons. The van der Waals surface area contributed by atoms with E-state index < -0.39 is 11.9 Å². The minimum atomic E-state index is -0.464. The maximum atomic E-state index is 12.9. The molecule has 2 heterocycles. The number of nitrogens with one attached hydrogen (secondary N) is 2. The summed E-state index contributed by atoms with van der Waals surface area (Å²) in [4.78, 5) is 43.3. The van der Waals surface area contributed by atoms with Gasteiger partial charge < -0.3 is 5.32 Å². The lowest BCUT2D eigenvalue weighted by Gasteiger charge is -2.13. The Bertz CT molecular complexity index is 974. The molecule has 0 spiro atoms. The molecule has 0 aromatic carbocycles. The number of amides is 3. The summed E-state index contributed by atoms with van der Waals surface area (Å²) in [5, 5.41) is 6.24. The Balaban J connectivity index is 1.71. The third-order valence-corrected chi connectivity index (χ3v) is 6.92. The number of carbonyl (C=O) groups is 2. The van der Waals surface area contributed by atoms with Crippen LogP contribution in [0.15, 0.2) is 22.6 Å². The minimum Gasteiger partial charge on any atom is -0.335 e. The third kappa shape index (κ3) is 4.47. The van der Waals surface area contributed by atoms with Crippen molar-refractivity contribution in [1.29, 1.82) is 0 Å². The van der Waals surface area contributed by atoms with Crippen molar-refractivity contribution in [3.63, 3.8) is 0 Å². The second-order valence-corrected chi connectivity index (χ2v) is 9.00. The number of imide groups is 1. The molecular weight excluding hydrogens is 396 g/mol. The van der Waals surface area contributed by atoms with Gasteiger partial charge in [-0.25, -0.2) is 9.78 Å². The van der Waals surface area contributed by atoms with E-state index in [1.54, 1.807) is 6.08 Å². The highest BCUT2D eigenvalue weighted by Gasteiger charge is 2.20. The van der Waals surface area contributed by atoms with Crippen molar-refractivity contribution in [3.05, 3.63) is 33.4 Å². The molecule has 150 valence electrons. The number of rotatable bonds is 6. The number of thiophene rings is 1. The van der Waals surface area contributed by atoms with Crippen LogP contribution in [0.1, 0.15) is 36.1 Å². The smallest absolute Gasteiger partial charge is 0.321 e. The van der Waals surface area contributed by atoms with E-state index >= 15 is 0 Å². The van der Waals surface area contributed by atoms with Crippen LogP contribution in [0.5, 0.6) is 0 Å². The molecule has 2 aromatic heterocycles. The Labute approximate surface area is 171 Å². The average molecular weight is 421 g/mol. The molecule has 1 aliphatic rings. The molecule has 1 aliphatic carbocycles. The number of nitrogens with zero attached hydrogens (tertiary/aromatic N) is 2. The fourth-order valence-corrected chi connectivity index (χ4v) is 5.17. The van der Waals surface area contributed by atoms with Crippen LogP contribution in [-0.2, 0) is 11.3 Å². The van der Waals surface area contributed by atoms with Gasteiger partial charge in [0.2, 0.25) is 5.91 Å². The van der Waals surface area contributed by atoms with Crippen LogP contribution in [-0.4, -0.2) is 33.3 Å². The van der Waals surface area contributed by atoms with Crippen molar-refractivity contribution in [1.82, 2.24) is 20.2 Å². The van der Waals surface area contributed by atoms with E-state index in [9.17, 15) is 14.4 Å². The Hall–Kier alpha value is -2.13. The van der Waals surface area contributed by atoms with Crippen molar-refractivity contribution in [2.45, 2.75) is 57.3 Å². The molecule has 9 heteroatoms. The van der Waals surface area contributed by atoms with Gasteiger partial charge in [-0.3, -0.25) is 19.5 Å². The van der Waals surface area contributed by atoms with E-state index in [2.05, 4.69) is 22.2 Å². The molecule has 0 unspecified atom stereocenters. The predicted molar refractivity (Wildman–Crippen MR) is 113 cm³/mol. The zero-order valence-electron chi connectivity index (χ0n) is 16.0. The average Bonchev–Trinajstić information content (AvgIpc) is 3.24. The summed E-state index contributed by atoms with van der Waals surface area (Å²) >= 11 is 2.61. The lowest BCUT2D eigenvalue weighted by atomic mass is 10.2. The minimum absolute atomic E-state index is 0.00346. The quantitative estimate of drug-likeness (QED) is 0.425. The SMILES string of the molecule is C=CCn1c(SCC(=O)NC(=O)NC2CCCC2)nc2sc(C)c(C)c2c1=O. The topological polar surface area (TPSA) is 93.1 Å². The van der Waals surface area contributed by atoms with Gasteiger partial charge in [0.1, 0.15) is 4.83 Å². The highest BCUT2D eigenvalue weighted by molar-refractivity contribution is 7.99. The molecule has 3 rings (SSSR count). The van der Waals surface area contributed by atoms with Crippen molar-refractivity contribution in [3.8, 4) is 0 Å². The van der Waals surface area contributed by atoms with E-state index in [-0.39, 0.29) is 17.4 Å². The van der Waals surface area contributed by atoms with Gasteiger partial charge in [0.15, 0.2) is 5.16 Å². The highest BCUT2D eigenvalue weighted by atomic mass is 32.2. The zero-order chi connectivity index (χ0) is 20.3. The molecule has 3 amide bonds. The Kier molecular flexibility index (Phi) is 6.56. The number of aromatic nitrogens is 2. The summed E-state index contributed by atoms with van der Waals surface area (Å²) in [6.45, 7) is 7.89. The molecule has 0 bridgehead atoms. The van der Waals surface area contributed by atoms with Gasteiger partial charge in [-0.1, -0.05) is 30.7 Å². The first-order valence-electron chi connectivity index (χ1n) is 9.25. The summed E-state index contributed by atoms with van der Waals surface area (Å²) < 4.78 is 1.52. The summed E-state index contributed by atoms with van der Waals surface area (Å²) in [7, 11) is 0. The molecule has 1 saturated carbocycles. The van der Waals surface area contributed by atoms with Crippen LogP contribution in [0.3, 0.4) is 0 Å². The predicted octanol–water partition coefficient (Wildman–Crippen LogP) is 3.12. The molecule has 2 aromatic rings. The van der Waals surface area contributed by atoms with E-state index in [1.807, 2.05) is 13.8 Å². The number of thioether (sulfide) groups is 1. The Morgan fingerprint density at radius 2 is 2.07 bits per heavy atom. The zero-order valence-corrected chi connectivity index (χ0v) is 17.7. The molecular formula is C19H24N4O3S2. The van der Waals surface area contributed by atoms with Crippen molar-refractivity contribution in [2.24, 2.45) is 0 Å². The molecule has 0 saturated heterocycles. The number of fused-ring (bicyclic) bond motifs is 1. The van der Waals surface area contributed by atoms with E-state index in [0.29, 0.717) is 21.9 Å². The van der Waals surface area contributed by atoms with Crippen LogP contribution >= 0.6 is 23.1 Å². The van der Waals surface area contributed by atoms with Crippen LogP contribution < -0.4 is 16.2 Å². The van der Waals surface area contributed by atoms with Gasteiger partial charge in [0, 0.05) is 17.5 Å². The first kappa shape index (κ1) is 20.6. The maximum Gasteiger partial charge on any atom is 0.321 e. The van der Waals surface area contributed by atoms with Gasteiger partial charge in [-0.05, 0) is 32.3 Å². The molecule has 0 aliphatic heterocycles. The molecule has 0 atom stereocenters. The van der Waals surface area contributed by atoms with Crippen molar-refractivity contribution >= 4 is 45.3 Å². The molecule has 7 nitrogen and oxygen atoms in total. The van der Waals surface area contributed by atoms with Gasteiger partial charge in [0.05, 0.1) is 11.1 Å². The number of allylic oxidation sites excluding steroid dienone is 1. The largest absolute Gasteiger partial charge is 0.335 e. The van der Waals surface area contributed by atoms with E-state index in [1.165, 1.54) is 15.9 Å². The maximum absolute atomic E-state index is 12.9. The molecule has 2 N–H and O–H groups in total. The lowest BCUT2D eigenvalue weighted by Crippen LogP contribution is -2.44. The summed E-state index contributed by atoms with van der Waals surface area (Å²) in [5.41, 5.74) is 0.807. The summed E-state index contributed by atoms with van der Waals surface area (Å²) in [6, 6.07) is -0.318. The third-order valence-electron chi connectivity index (χ3n) is 4.84. The molecule has 28 heavy (non-hydrogen) atoms. The number of aryl methyl sites for hydroxylation is 2. The summed E-state index contributed by atoms with van der Waals surface area (Å²) in [5.74, 6) is -0.421. The van der Waals surface area contributed by atoms with Crippen molar-refractivity contribution < 1.29 is 9.59 Å². The van der Waals surface area contributed by atoms with Gasteiger partial charge in [-0.15, -0.1) is 17.9 Å². The highest BCUT2D eigenvalue weighted by Crippen LogP contribution is 2.28. The standard InChI is InChI=1S/C19H24N4O3S2/c1-4-9-23-17(25)15-11(2)12(3)28-16(15)22-19(23)27-10-14(24)21-18(26)20-13-7-5-6-8-13/h4,13H,1,5-10H2,2-3H3,(H2,20,21,24,26). The first-order chi connectivity index (χ1) is 13.4. The van der Waals surface area contributed by atoms with Crippen LogP contribution in [0.25, 0.3) is 10.2 Å². The molecule has 1 fully saturated rings. The van der Waals surface area contributed by atoms with Gasteiger partial charge in [0.25, 0.3) is 5.56 Å². The van der Waals surface area contributed by atoms with Crippen LogP contribution in [0.4, 0.5) is 4.79 Å². The second-order valence-electron chi connectivity index (χ2n) is 6.85. The number of urea groups is 1. The monoisotopic (exact) mass is 420 g/mol. The number of hydrogen-bond donors (Lipinski definition) is 2. The fraction of sp³-hybridized carbons (Fsp3) is 0.474. The van der Waals surface area contributed by atoms with Crippen LogP contribution in [0.2, 0.25) is 0 Å². The fourth-order valence-electron chi connectivity index (χ4n) is 3.29. The Morgan fingerprint density at radius 3 is 2.75 bits per heavy atom. The summed E-state index contributed by atoms with van der Waals surface area (Å²) in [6.07, 6.45) is 5.74. The van der Waals surface area contributed by atoms with E-state index in [0.717, 1.165) is 47.9 Å². The second kappa shape index (κ2) is 8.91. The normalized spacial score (nSPS) is 14.4. The Morgan fingerprint density at radius 1 is 1.36 bits per heavy atom. The van der Waals surface area contributed by atoms with E-state index in [4.69, 9.17) is 0 Å². The van der Waals surface area contributed by atoms with Gasteiger partial charge >= 0.3 is 6.03 Å².